The largest absolute Gasteiger partial charge is 0.506 e. The number of phenols is 2. The summed E-state index contributed by atoms with van der Waals surface area (Å²) >= 11 is 0. The first kappa shape index (κ1) is 27.5. The van der Waals surface area contributed by atoms with Gasteiger partial charge in [-0.3, -0.25) is 0 Å². The first-order valence-corrected chi connectivity index (χ1v) is 14.3. The maximum Gasteiger partial charge on any atom is 0.142 e. The Kier molecular flexibility index (Phi) is 6.57. The van der Waals surface area contributed by atoms with Crippen molar-refractivity contribution in [1.29, 1.82) is 0 Å². The minimum absolute atomic E-state index is 0.0350. The first-order chi connectivity index (χ1) is 21.9. The van der Waals surface area contributed by atoms with E-state index >= 15 is 0 Å². The Morgan fingerprint density at radius 2 is 1.02 bits per heavy atom. The summed E-state index contributed by atoms with van der Waals surface area (Å²) in [7, 11) is 0. The van der Waals surface area contributed by atoms with Crippen LogP contribution in [0.25, 0.3) is 11.1 Å². The highest BCUT2D eigenvalue weighted by Gasteiger charge is 2.46. The van der Waals surface area contributed by atoms with Gasteiger partial charge in [0.1, 0.15) is 34.5 Å². The molecule has 6 heteroatoms. The van der Waals surface area contributed by atoms with Crippen LogP contribution in [0.4, 0.5) is 11.4 Å². The molecule has 1 aliphatic carbocycles. The monoisotopic (exact) mass is 588 g/mol. The number of benzene rings is 6. The number of nitrogens with two attached hydrogens (primary N) is 2. The lowest BCUT2D eigenvalue weighted by atomic mass is 9.67. The van der Waals surface area contributed by atoms with Gasteiger partial charge >= 0.3 is 0 Å². The normalized spacial score (nSPS) is 12.5. The van der Waals surface area contributed by atoms with Crippen molar-refractivity contribution in [3.05, 3.63) is 155 Å². The van der Waals surface area contributed by atoms with Gasteiger partial charge in [-0.25, -0.2) is 0 Å². The average Bonchev–Trinajstić information content (AvgIpc) is 3.35. The second kappa shape index (κ2) is 10.7. The third-order valence-electron chi connectivity index (χ3n) is 8.26. The van der Waals surface area contributed by atoms with Gasteiger partial charge in [0.2, 0.25) is 0 Å². The van der Waals surface area contributed by atoms with E-state index in [9.17, 15) is 10.2 Å². The second-order valence-corrected chi connectivity index (χ2v) is 10.9. The Labute approximate surface area is 260 Å². The van der Waals surface area contributed by atoms with Crippen LogP contribution in [-0.2, 0) is 5.41 Å². The predicted molar refractivity (Wildman–Crippen MR) is 177 cm³/mol. The van der Waals surface area contributed by atoms with E-state index in [0.29, 0.717) is 23.0 Å². The molecule has 7 rings (SSSR count). The SMILES string of the molecule is C#Cc1ccc2c(c1)C(c1ccc(Oc3ccc(N)c(O)c3)cc1)(c1ccc(Oc3ccc(N)c(O)c3)cc1)c1ccccc1-2. The molecule has 0 radical (unpaired) electrons. The molecule has 6 aromatic rings. The molecule has 6 aromatic carbocycles. The van der Waals surface area contributed by atoms with Crippen molar-refractivity contribution < 1.29 is 19.7 Å². The second-order valence-electron chi connectivity index (χ2n) is 10.9. The number of hydrogen-bond donors (Lipinski definition) is 4. The molecule has 0 aliphatic heterocycles. The summed E-state index contributed by atoms with van der Waals surface area (Å²) in [5, 5.41) is 20.1. The van der Waals surface area contributed by atoms with E-state index in [1.165, 1.54) is 12.1 Å². The summed E-state index contributed by atoms with van der Waals surface area (Å²) in [6.45, 7) is 0. The van der Waals surface area contributed by atoms with Crippen LogP contribution < -0.4 is 20.9 Å². The molecule has 0 amide bonds. The molecular formula is C39H28N2O4. The fraction of sp³-hybridized carbons (Fsp3) is 0.0256. The van der Waals surface area contributed by atoms with Crippen LogP contribution in [0.1, 0.15) is 27.8 Å². The van der Waals surface area contributed by atoms with E-state index in [2.05, 4.69) is 60.5 Å². The molecule has 0 saturated heterocycles. The van der Waals surface area contributed by atoms with Gasteiger partial charge in [-0.1, -0.05) is 60.5 Å². The Bertz CT molecular complexity index is 2020. The molecule has 0 spiro atoms. The number of anilines is 2. The molecule has 1 aliphatic rings. The first-order valence-electron chi connectivity index (χ1n) is 14.3. The Morgan fingerprint density at radius 1 is 0.533 bits per heavy atom. The summed E-state index contributed by atoms with van der Waals surface area (Å²) in [4.78, 5) is 0. The minimum Gasteiger partial charge on any atom is -0.506 e. The Morgan fingerprint density at radius 3 is 1.53 bits per heavy atom. The van der Waals surface area contributed by atoms with Crippen molar-refractivity contribution in [2.24, 2.45) is 0 Å². The van der Waals surface area contributed by atoms with Crippen molar-refractivity contribution in [2.75, 3.05) is 11.5 Å². The number of rotatable bonds is 6. The number of fused-ring (bicyclic) bond motifs is 3. The number of nitrogen functional groups attached to an aromatic ring is 2. The van der Waals surface area contributed by atoms with Crippen LogP contribution in [0.3, 0.4) is 0 Å². The summed E-state index contributed by atoms with van der Waals surface area (Å²) < 4.78 is 12.1. The van der Waals surface area contributed by atoms with Crippen molar-refractivity contribution in [1.82, 2.24) is 0 Å². The highest BCUT2D eigenvalue weighted by atomic mass is 16.5. The zero-order valence-corrected chi connectivity index (χ0v) is 24.1. The summed E-state index contributed by atoms with van der Waals surface area (Å²) in [6.07, 6.45) is 5.91. The topological polar surface area (TPSA) is 111 Å². The van der Waals surface area contributed by atoms with Crippen LogP contribution in [0.5, 0.6) is 34.5 Å². The van der Waals surface area contributed by atoms with E-state index in [1.807, 2.05) is 36.4 Å². The lowest BCUT2D eigenvalue weighted by molar-refractivity contribution is 0.456. The number of aromatic hydroxyl groups is 2. The molecule has 0 fully saturated rings. The van der Waals surface area contributed by atoms with Gasteiger partial charge in [0.25, 0.3) is 0 Å². The van der Waals surface area contributed by atoms with E-state index in [-0.39, 0.29) is 22.9 Å². The van der Waals surface area contributed by atoms with E-state index < -0.39 is 5.41 Å². The Hall–Kier alpha value is -6.32. The maximum absolute atomic E-state index is 10.0. The fourth-order valence-corrected chi connectivity index (χ4v) is 6.15. The van der Waals surface area contributed by atoms with Crippen LogP contribution >= 0.6 is 0 Å². The highest BCUT2D eigenvalue weighted by molar-refractivity contribution is 5.86. The van der Waals surface area contributed by atoms with Crippen molar-refractivity contribution >= 4 is 11.4 Å². The molecule has 45 heavy (non-hydrogen) atoms. The van der Waals surface area contributed by atoms with Crippen LogP contribution in [-0.4, -0.2) is 10.2 Å². The number of phenolic OH excluding ortho intramolecular Hbond substituents is 2. The molecule has 6 nitrogen and oxygen atoms in total. The molecule has 0 bridgehead atoms. The maximum atomic E-state index is 10.0. The van der Waals surface area contributed by atoms with Gasteiger partial charge in [-0.2, -0.15) is 0 Å². The summed E-state index contributed by atoms with van der Waals surface area (Å²) in [5.41, 5.74) is 18.7. The van der Waals surface area contributed by atoms with Gasteiger partial charge in [0, 0.05) is 17.7 Å². The summed E-state index contributed by atoms with van der Waals surface area (Å²) in [6, 6.07) is 40.1. The van der Waals surface area contributed by atoms with E-state index in [4.69, 9.17) is 27.4 Å². The van der Waals surface area contributed by atoms with Crippen LogP contribution in [0, 0.1) is 12.3 Å². The zero-order chi connectivity index (χ0) is 31.1. The third kappa shape index (κ3) is 4.64. The van der Waals surface area contributed by atoms with Crippen molar-refractivity contribution in [3.8, 4) is 58.0 Å². The summed E-state index contributed by atoms with van der Waals surface area (Å²) in [5.74, 6) is 4.92. The molecule has 0 saturated carbocycles. The van der Waals surface area contributed by atoms with E-state index in [1.54, 1.807) is 24.3 Å². The van der Waals surface area contributed by atoms with Gasteiger partial charge in [0.05, 0.1) is 16.8 Å². The smallest absolute Gasteiger partial charge is 0.142 e. The molecule has 0 aromatic heterocycles. The zero-order valence-electron chi connectivity index (χ0n) is 24.1. The molecule has 0 heterocycles. The van der Waals surface area contributed by atoms with Crippen LogP contribution in [0.15, 0.2) is 127 Å². The quantitative estimate of drug-likeness (QED) is 0.0886. The predicted octanol–water partition coefficient (Wildman–Crippen LogP) is 8.19. The Balaban J connectivity index is 1.36. The molecular weight excluding hydrogens is 560 g/mol. The average molecular weight is 589 g/mol. The number of ether oxygens (including phenoxy) is 2. The molecule has 218 valence electrons. The lowest BCUT2D eigenvalue weighted by Crippen LogP contribution is -2.28. The van der Waals surface area contributed by atoms with E-state index in [0.717, 1.165) is 38.9 Å². The number of hydrogen-bond acceptors (Lipinski definition) is 6. The third-order valence-corrected chi connectivity index (χ3v) is 8.26. The van der Waals surface area contributed by atoms with Crippen molar-refractivity contribution in [2.45, 2.75) is 5.41 Å². The highest BCUT2D eigenvalue weighted by Crippen LogP contribution is 2.56. The fourth-order valence-electron chi connectivity index (χ4n) is 6.15. The standard InChI is InChI=1S/C39H28N2O4/c1-2-24-7-18-32-31-5-3-4-6-33(31)39(34(32)21-24,25-8-12-27(13-9-25)44-29-16-19-35(40)37(42)22-29)26-10-14-28(15-11-26)45-30-17-20-36(41)38(43)23-30/h1,3-23,42-43H,40-41H2. The number of terminal acetylenes is 1. The van der Waals surface area contributed by atoms with Gasteiger partial charge in [0.15, 0.2) is 0 Å². The van der Waals surface area contributed by atoms with Crippen molar-refractivity contribution in [3.63, 3.8) is 0 Å². The van der Waals surface area contributed by atoms with Gasteiger partial charge in [-0.05, 0) is 94.0 Å². The minimum atomic E-state index is -0.700. The van der Waals surface area contributed by atoms with Gasteiger partial charge in [-0.15, -0.1) is 6.42 Å². The van der Waals surface area contributed by atoms with Gasteiger partial charge < -0.3 is 31.2 Å². The molecule has 0 atom stereocenters. The molecule has 6 N–H and O–H groups in total. The lowest BCUT2D eigenvalue weighted by Gasteiger charge is -2.34. The van der Waals surface area contributed by atoms with Crippen LogP contribution in [0.2, 0.25) is 0 Å². The molecule has 0 unspecified atom stereocenters.